The van der Waals surface area contributed by atoms with E-state index in [0.29, 0.717) is 6.42 Å². The lowest BCUT2D eigenvalue weighted by atomic mass is 9.82. The fraction of sp³-hybridized carbons (Fsp3) is 0.789. The minimum Gasteiger partial charge on any atom is -0.462 e. The first kappa shape index (κ1) is 18.9. The van der Waals surface area contributed by atoms with Crippen molar-refractivity contribution in [2.75, 3.05) is 0 Å². The third-order valence-corrected chi connectivity index (χ3v) is 4.47. The normalized spacial score (nSPS) is 25.4. The fourth-order valence-corrected chi connectivity index (χ4v) is 3.25. The van der Waals surface area contributed by atoms with Gasteiger partial charge >= 0.3 is 5.97 Å². The molecule has 126 valence electrons. The van der Waals surface area contributed by atoms with Crippen molar-refractivity contribution < 1.29 is 14.3 Å². The van der Waals surface area contributed by atoms with E-state index in [1.807, 2.05) is 13.8 Å². The quantitative estimate of drug-likeness (QED) is 0.251. The van der Waals surface area contributed by atoms with Crippen LogP contribution in [0, 0.1) is 11.8 Å². The maximum Gasteiger partial charge on any atom is 0.317 e. The Morgan fingerprint density at radius 1 is 1.14 bits per heavy atom. The van der Waals surface area contributed by atoms with Crippen LogP contribution in [0.2, 0.25) is 0 Å². The monoisotopic (exact) mass is 308 g/mol. The van der Waals surface area contributed by atoms with Crippen LogP contribution in [0.3, 0.4) is 0 Å². The molecule has 1 aliphatic rings. The molecule has 0 saturated carbocycles. The lowest BCUT2D eigenvalue weighted by Crippen LogP contribution is -2.40. The van der Waals surface area contributed by atoms with E-state index >= 15 is 0 Å². The van der Waals surface area contributed by atoms with E-state index in [-0.39, 0.29) is 23.8 Å². The van der Waals surface area contributed by atoms with Gasteiger partial charge in [-0.15, -0.1) is 0 Å². The zero-order chi connectivity index (χ0) is 16.4. The number of ether oxygens (including phenoxy) is 1. The molecular weight excluding hydrogens is 276 g/mol. The van der Waals surface area contributed by atoms with E-state index in [9.17, 15) is 9.59 Å². The van der Waals surface area contributed by atoms with E-state index in [1.165, 1.54) is 32.1 Å². The molecular formula is C19H32O3. The van der Waals surface area contributed by atoms with Crippen LogP contribution in [0.25, 0.3) is 0 Å². The number of carbonyl (C=O) groups is 2. The molecule has 0 aromatic heterocycles. The Kier molecular flexibility index (Phi) is 9.10. The molecule has 0 amide bonds. The molecule has 22 heavy (non-hydrogen) atoms. The van der Waals surface area contributed by atoms with Crippen LogP contribution in [0.1, 0.15) is 78.6 Å². The van der Waals surface area contributed by atoms with Crippen molar-refractivity contribution in [2.45, 2.75) is 84.7 Å². The first-order valence-corrected chi connectivity index (χ1v) is 8.90. The van der Waals surface area contributed by atoms with E-state index in [0.717, 1.165) is 19.3 Å². The zero-order valence-electron chi connectivity index (χ0n) is 14.5. The van der Waals surface area contributed by atoms with Gasteiger partial charge in [-0.3, -0.25) is 9.59 Å². The number of Topliss-reactive ketones (excluding diaryl/α,β-unsaturated/α-hetero) is 1. The summed E-state index contributed by atoms with van der Waals surface area (Å²) in [5.74, 6) is -0.620. The molecule has 1 saturated heterocycles. The summed E-state index contributed by atoms with van der Waals surface area (Å²) < 4.78 is 5.22. The Bertz CT molecular complexity index is 373. The van der Waals surface area contributed by atoms with Crippen LogP contribution in [0.15, 0.2) is 12.2 Å². The van der Waals surface area contributed by atoms with Crippen molar-refractivity contribution in [1.29, 1.82) is 0 Å². The molecule has 1 aliphatic heterocycles. The average Bonchev–Trinajstić information content (AvgIpc) is 2.44. The topological polar surface area (TPSA) is 43.4 Å². The van der Waals surface area contributed by atoms with Crippen molar-refractivity contribution >= 4 is 11.8 Å². The van der Waals surface area contributed by atoms with E-state index in [2.05, 4.69) is 19.1 Å². The molecule has 1 fully saturated rings. The molecule has 0 N–H and O–H groups in total. The Balaban J connectivity index is 2.11. The van der Waals surface area contributed by atoms with Gasteiger partial charge in [0.2, 0.25) is 0 Å². The van der Waals surface area contributed by atoms with Gasteiger partial charge in [-0.25, -0.2) is 0 Å². The van der Waals surface area contributed by atoms with Gasteiger partial charge < -0.3 is 4.74 Å². The second-order valence-electron chi connectivity index (χ2n) is 6.63. The van der Waals surface area contributed by atoms with E-state index in [1.54, 1.807) is 0 Å². The second kappa shape index (κ2) is 10.6. The van der Waals surface area contributed by atoms with E-state index < -0.39 is 5.92 Å². The first-order valence-electron chi connectivity index (χ1n) is 8.90. The van der Waals surface area contributed by atoms with Gasteiger partial charge in [0.15, 0.2) is 0 Å². The lowest BCUT2D eigenvalue weighted by molar-refractivity contribution is -0.165. The predicted octanol–water partition coefficient (Wildman–Crippen LogP) is 4.84. The molecule has 1 rings (SSSR count). The Morgan fingerprint density at radius 3 is 2.41 bits per heavy atom. The van der Waals surface area contributed by atoms with Crippen molar-refractivity contribution in [3.63, 3.8) is 0 Å². The molecule has 3 nitrogen and oxygen atoms in total. The number of hydrogen-bond acceptors (Lipinski definition) is 3. The number of cyclic esters (lactones) is 1. The summed E-state index contributed by atoms with van der Waals surface area (Å²) in [4.78, 5) is 24.1. The Morgan fingerprint density at radius 2 is 1.77 bits per heavy atom. The number of allylic oxidation sites excluding steroid dienone is 2. The fourth-order valence-electron chi connectivity index (χ4n) is 3.25. The molecule has 1 heterocycles. The maximum absolute atomic E-state index is 12.2. The van der Waals surface area contributed by atoms with E-state index in [4.69, 9.17) is 4.74 Å². The molecule has 0 aliphatic carbocycles. The van der Waals surface area contributed by atoms with Crippen LogP contribution in [0.5, 0.6) is 0 Å². The standard InChI is InChI=1S/C19H32O3/c1-4-5-6-7-8-9-10-11-12-13-17(20)18-15(2)14-16(3)22-19(18)21/h4-5,15-16,18H,6-14H2,1-3H3/b5-4+/t15-,16-,18-/m0/s1. The molecule has 0 radical (unpaired) electrons. The minimum atomic E-state index is -0.517. The molecule has 0 bridgehead atoms. The van der Waals surface area contributed by atoms with Crippen LogP contribution in [0.4, 0.5) is 0 Å². The number of ketones is 1. The summed E-state index contributed by atoms with van der Waals surface area (Å²) in [6.45, 7) is 5.94. The predicted molar refractivity (Wildman–Crippen MR) is 89.6 cm³/mol. The highest BCUT2D eigenvalue weighted by Crippen LogP contribution is 2.28. The highest BCUT2D eigenvalue weighted by atomic mass is 16.5. The van der Waals surface area contributed by atoms with Crippen LogP contribution in [-0.4, -0.2) is 17.9 Å². The second-order valence-corrected chi connectivity index (χ2v) is 6.63. The third-order valence-electron chi connectivity index (χ3n) is 4.47. The smallest absolute Gasteiger partial charge is 0.317 e. The van der Waals surface area contributed by atoms with Crippen molar-refractivity contribution in [3.8, 4) is 0 Å². The summed E-state index contributed by atoms with van der Waals surface area (Å²) in [5, 5.41) is 0. The number of esters is 1. The maximum atomic E-state index is 12.2. The van der Waals surface area contributed by atoms with Crippen LogP contribution in [-0.2, 0) is 14.3 Å². The number of rotatable bonds is 10. The zero-order valence-corrected chi connectivity index (χ0v) is 14.5. The molecule has 0 unspecified atom stereocenters. The highest BCUT2D eigenvalue weighted by Gasteiger charge is 2.38. The van der Waals surface area contributed by atoms with Gasteiger partial charge in [0.25, 0.3) is 0 Å². The lowest BCUT2D eigenvalue weighted by Gasteiger charge is -2.30. The molecule has 3 heteroatoms. The van der Waals surface area contributed by atoms with Crippen molar-refractivity contribution in [3.05, 3.63) is 12.2 Å². The van der Waals surface area contributed by atoms with Crippen molar-refractivity contribution in [2.24, 2.45) is 11.8 Å². The first-order chi connectivity index (χ1) is 10.6. The number of unbranched alkanes of at least 4 members (excludes halogenated alkanes) is 6. The summed E-state index contributed by atoms with van der Waals surface area (Å²) >= 11 is 0. The van der Waals surface area contributed by atoms with Gasteiger partial charge in [-0.2, -0.15) is 0 Å². The van der Waals surface area contributed by atoms with Gasteiger partial charge in [0.05, 0.1) is 6.10 Å². The largest absolute Gasteiger partial charge is 0.462 e. The van der Waals surface area contributed by atoms with Gasteiger partial charge in [-0.05, 0) is 45.4 Å². The number of hydrogen-bond donors (Lipinski definition) is 0. The number of carbonyl (C=O) groups excluding carboxylic acids is 2. The SMILES string of the molecule is C/C=C/CCCCCCCCC(=O)[C@H]1C(=O)O[C@@H](C)C[C@@H]1C. The van der Waals surface area contributed by atoms with Gasteiger partial charge in [0, 0.05) is 6.42 Å². The molecule has 0 spiro atoms. The third kappa shape index (κ3) is 6.76. The summed E-state index contributed by atoms with van der Waals surface area (Å²) in [6.07, 6.45) is 13.7. The molecule has 0 aromatic rings. The Labute approximate surface area is 135 Å². The summed E-state index contributed by atoms with van der Waals surface area (Å²) in [7, 11) is 0. The van der Waals surface area contributed by atoms with Gasteiger partial charge in [0.1, 0.15) is 11.7 Å². The van der Waals surface area contributed by atoms with Crippen molar-refractivity contribution in [1.82, 2.24) is 0 Å². The molecule has 0 aromatic carbocycles. The highest BCUT2D eigenvalue weighted by molar-refractivity contribution is 5.99. The Hall–Kier alpha value is -1.12. The summed E-state index contributed by atoms with van der Waals surface area (Å²) in [5.41, 5.74) is 0. The van der Waals surface area contributed by atoms with Crippen LogP contribution >= 0.6 is 0 Å². The average molecular weight is 308 g/mol. The van der Waals surface area contributed by atoms with Gasteiger partial charge in [-0.1, -0.05) is 44.8 Å². The molecule has 3 atom stereocenters. The minimum absolute atomic E-state index is 0.0471. The summed E-state index contributed by atoms with van der Waals surface area (Å²) in [6, 6.07) is 0. The van der Waals surface area contributed by atoms with Crippen LogP contribution < -0.4 is 0 Å².